The van der Waals surface area contributed by atoms with Gasteiger partial charge in [-0.1, -0.05) is 6.07 Å². The lowest BCUT2D eigenvalue weighted by Gasteiger charge is -2.35. The molecule has 0 spiro atoms. The first-order valence-corrected chi connectivity index (χ1v) is 10.5. The molecule has 2 atom stereocenters. The first-order chi connectivity index (χ1) is 17.2. The quantitative estimate of drug-likeness (QED) is 0.447. The summed E-state index contributed by atoms with van der Waals surface area (Å²) in [6.45, 7) is -3.58. The fourth-order valence-corrected chi connectivity index (χ4v) is 3.60. The lowest BCUT2D eigenvalue weighted by atomic mass is 10.1. The van der Waals surface area contributed by atoms with Gasteiger partial charge in [-0.05, 0) is 35.9 Å². The van der Waals surface area contributed by atoms with Crippen LogP contribution in [0.5, 0.6) is 5.75 Å². The maximum atomic E-state index is 13.1. The van der Waals surface area contributed by atoms with Crippen LogP contribution >= 0.6 is 0 Å². The molecule has 1 aliphatic rings. The van der Waals surface area contributed by atoms with E-state index in [-0.39, 0.29) is 36.6 Å². The van der Waals surface area contributed by atoms with Crippen LogP contribution in [0.1, 0.15) is 21.5 Å². The minimum absolute atomic E-state index is 0.0298. The molecule has 1 saturated heterocycles. The molecule has 0 saturated carbocycles. The molecule has 2 aromatic rings. The third kappa shape index (κ3) is 5.57. The summed E-state index contributed by atoms with van der Waals surface area (Å²) in [5, 5.41) is 22.1. The number of ether oxygens (including phenoxy) is 3. The van der Waals surface area contributed by atoms with Gasteiger partial charge in [-0.2, -0.15) is 14.0 Å². The number of nitrogens with one attached hydrogen (secondary N) is 1. The van der Waals surface area contributed by atoms with Gasteiger partial charge in [-0.25, -0.2) is 4.79 Å². The summed E-state index contributed by atoms with van der Waals surface area (Å²) in [5.41, 5.74) is 6.05. The van der Waals surface area contributed by atoms with Crippen LogP contribution in [0.4, 0.5) is 20.2 Å². The Morgan fingerprint density at radius 2 is 2.11 bits per heavy atom. The highest BCUT2D eigenvalue weighted by Gasteiger charge is 2.40. The smallest absolute Gasteiger partial charge is 0.387 e. The maximum absolute atomic E-state index is 13.1. The molecule has 36 heavy (non-hydrogen) atoms. The summed E-state index contributed by atoms with van der Waals surface area (Å²) in [7, 11) is 1.05. The number of carbonyl (C=O) groups excluding carboxylic acids is 3. The van der Waals surface area contributed by atoms with E-state index >= 15 is 0 Å². The molecule has 0 bridgehead atoms. The number of carbonyl (C=O) groups is 3. The van der Waals surface area contributed by atoms with Gasteiger partial charge in [0.2, 0.25) is 0 Å². The molecular weight excluding hydrogens is 482 g/mol. The van der Waals surface area contributed by atoms with Gasteiger partial charge < -0.3 is 35.3 Å². The molecule has 0 radical (unpaired) electrons. The van der Waals surface area contributed by atoms with Crippen molar-refractivity contribution in [3.8, 4) is 11.8 Å². The van der Waals surface area contributed by atoms with Gasteiger partial charge >= 0.3 is 12.6 Å². The molecule has 2 unspecified atom stereocenters. The molecule has 13 heteroatoms. The van der Waals surface area contributed by atoms with Crippen molar-refractivity contribution < 1.29 is 42.5 Å². The van der Waals surface area contributed by atoms with E-state index in [1.165, 1.54) is 36.4 Å². The topological polar surface area (TPSA) is 164 Å². The van der Waals surface area contributed by atoms with Crippen LogP contribution in [0.3, 0.4) is 0 Å². The third-order valence-electron chi connectivity index (χ3n) is 5.29. The molecule has 0 aromatic heterocycles. The zero-order valence-electron chi connectivity index (χ0n) is 18.9. The van der Waals surface area contributed by atoms with E-state index in [2.05, 4.69) is 14.8 Å². The average molecular weight is 504 g/mol. The van der Waals surface area contributed by atoms with Crippen molar-refractivity contribution in [2.45, 2.75) is 25.4 Å². The summed E-state index contributed by atoms with van der Waals surface area (Å²) in [5.74, 6) is -3.48. The Balaban J connectivity index is 1.85. The molecule has 1 heterocycles. The Bertz CT molecular complexity index is 1200. The number of amides is 2. The van der Waals surface area contributed by atoms with E-state index in [1.54, 1.807) is 0 Å². The van der Waals surface area contributed by atoms with E-state index in [1.807, 2.05) is 6.07 Å². The van der Waals surface area contributed by atoms with E-state index < -0.39 is 42.4 Å². The number of alkyl halides is 2. The number of hydrogen-bond acceptors (Lipinski definition) is 9. The number of methoxy groups -OCH3 is 1. The Morgan fingerprint density at radius 3 is 2.75 bits per heavy atom. The minimum atomic E-state index is -3.32. The maximum Gasteiger partial charge on any atom is 0.387 e. The molecule has 1 aliphatic heterocycles. The van der Waals surface area contributed by atoms with Gasteiger partial charge in [0.25, 0.3) is 11.8 Å². The molecule has 0 aliphatic carbocycles. The van der Waals surface area contributed by atoms with Crippen LogP contribution in [-0.4, -0.2) is 62.0 Å². The first kappa shape index (κ1) is 26.5. The van der Waals surface area contributed by atoms with E-state index in [4.69, 9.17) is 15.7 Å². The summed E-state index contributed by atoms with van der Waals surface area (Å²) >= 11 is 0. The average Bonchev–Trinajstić information content (AvgIpc) is 2.87. The number of nitriles is 1. The van der Waals surface area contributed by atoms with E-state index in [0.29, 0.717) is 11.1 Å². The number of hydrogen-bond donors (Lipinski definition) is 3. The monoisotopic (exact) mass is 504 g/mol. The van der Waals surface area contributed by atoms with Gasteiger partial charge in [-0.3, -0.25) is 9.59 Å². The summed E-state index contributed by atoms with van der Waals surface area (Å²) in [6.07, 6.45) is -3.67. The minimum Gasteiger partial charge on any atom is -0.465 e. The van der Waals surface area contributed by atoms with Gasteiger partial charge in [0.15, 0.2) is 18.0 Å². The van der Waals surface area contributed by atoms with Gasteiger partial charge in [-0.15, -0.1) is 0 Å². The second-order valence-corrected chi connectivity index (χ2v) is 7.43. The Morgan fingerprint density at radius 1 is 1.36 bits per heavy atom. The second kappa shape index (κ2) is 11.5. The number of nitrogens with zero attached hydrogens (tertiary/aromatic N) is 2. The van der Waals surface area contributed by atoms with Gasteiger partial charge in [0.1, 0.15) is 5.56 Å². The molecule has 3 rings (SSSR count). The number of aliphatic hydroxyl groups is 1. The Hall–Kier alpha value is -4.12. The van der Waals surface area contributed by atoms with Gasteiger partial charge in [0.05, 0.1) is 31.0 Å². The molecule has 11 nitrogen and oxygen atoms in total. The summed E-state index contributed by atoms with van der Waals surface area (Å²) in [4.78, 5) is 38.8. The number of benzene rings is 2. The fraction of sp³-hybridized carbons (Fsp3) is 0.304. The van der Waals surface area contributed by atoms with Crippen LogP contribution in [0, 0.1) is 11.3 Å². The number of rotatable bonds is 8. The lowest BCUT2D eigenvalue weighted by molar-refractivity contribution is -0.150. The highest BCUT2D eigenvalue weighted by molar-refractivity contribution is 6.05. The second-order valence-electron chi connectivity index (χ2n) is 7.43. The van der Waals surface area contributed by atoms with Crippen molar-refractivity contribution in [3.05, 3.63) is 53.1 Å². The third-order valence-corrected chi connectivity index (χ3v) is 5.29. The van der Waals surface area contributed by atoms with Crippen LogP contribution in [0.2, 0.25) is 0 Å². The van der Waals surface area contributed by atoms with E-state index in [0.717, 1.165) is 12.0 Å². The van der Waals surface area contributed by atoms with Crippen LogP contribution in [0.15, 0.2) is 36.4 Å². The standard InChI is InChI=1S/C23H22F2N4O7/c1-34-22(33)15-3-2-4-16(18(15)36-23(24)25)29-7-8-35-19(21(29)32)17(30)20(31)28-14-6-5-12(10-26)13(9-14)11-27/h2-6,9,17,19,23,30H,7-8,11,27H2,1H3,(H,28,31). The van der Waals surface area contributed by atoms with Crippen molar-refractivity contribution in [2.75, 3.05) is 30.5 Å². The predicted octanol–water partition coefficient (Wildman–Crippen LogP) is 1.14. The van der Waals surface area contributed by atoms with Crippen molar-refractivity contribution >= 4 is 29.2 Å². The number of aliphatic hydroxyl groups excluding tert-OH is 1. The van der Waals surface area contributed by atoms with Crippen molar-refractivity contribution in [3.63, 3.8) is 0 Å². The molecular formula is C23H22F2N4O7. The molecule has 4 N–H and O–H groups in total. The molecule has 2 amide bonds. The van der Waals surface area contributed by atoms with Crippen molar-refractivity contribution in [2.24, 2.45) is 5.73 Å². The number of para-hydroxylation sites is 1. The summed E-state index contributed by atoms with van der Waals surface area (Å²) < 4.78 is 40.7. The van der Waals surface area contributed by atoms with Crippen LogP contribution in [-0.2, 0) is 25.6 Å². The number of morpholine rings is 1. The number of nitrogens with two attached hydrogens (primary N) is 1. The van der Waals surface area contributed by atoms with Gasteiger partial charge in [0, 0.05) is 18.8 Å². The normalized spacial score (nSPS) is 16.3. The van der Waals surface area contributed by atoms with Crippen molar-refractivity contribution in [1.82, 2.24) is 0 Å². The number of esters is 1. The Kier molecular flexibility index (Phi) is 8.49. The van der Waals surface area contributed by atoms with E-state index in [9.17, 15) is 28.3 Å². The highest BCUT2D eigenvalue weighted by Crippen LogP contribution is 2.35. The Labute approximate surface area is 203 Å². The number of anilines is 2. The van der Waals surface area contributed by atoms with Crippen LogP contribution in [0.25, 0.3) is 0 Å². The molecule has 2 aromatic carbocycles. The molecule has 1 fully saturated rings. The highest BCUT2D eigenvalue weighted by atomic mass is 19.3. The van der Waals surface area contributed by atoms with Crippen LogP contribution < -0.4 is 20.7 Å². The first-order valence-electron chi connectivity index (χ1n) is 10.5. The van der Waals surface area contributed by atoms with Crippen molar-refractivity contribution in [1.29, 1.82) is 5.26 Å². The largest absolute Gasteiger partial charge is 0.465 e. The lowest BCUT2D eigenvalue weighted by Crippen LogP contribution is -2.55. The SMILES string of the molecule is COC(=O)c1cccc(N2CCOC(C(O)C(=O)Nc3ccc(C#N)c(CN)c3)C2=O)c1OC(F)F. The molecule has 190 valence electrons. The predicted molar refractivity (Wildman–Crippen MR) is 120 cm³/mol. The zero-order valence-corrected chi connectivity index (χ0v) is 18.9. The summed E-state index contributed by atoms with van der Waals surface area (Å²) in [6, 6.07) is 10.1. The number of halogens is 2. The zero-order chi connectivity index (χ0) is 26.4. The fourth-order valence-electron chi connectivity index (χ4n) is 3.60.